The molecule has 1 aromatic carbocycles. The minimum Gasteiger partial charge on any atom is -0.338 e. The van der Waals surface area contributed by atoms with Crippen molar-refractivity contribution in [3.8, 4) is 0 Å². The molecule has 5 nitrogen and oxygen atoms in total. The lowest BCUT2D eigenvalue weighted by Crippen LogP contribution is -2.35. The third-order valence-corrected chi connectivity index (χ3v) is 4.02. The maximum absolute atomic E-state index is 11.9. The molecule has 2 amide bonds. The van der Waals surface area contributed by atoms with Crippen molar-refractivity contribution in [1.82, 2.24) is 10.2 Å². The minimum atomic E-state index is -0.146. The lowest BCUT2D eigenvalue weighted by Gasteiger charge is -2.20. The van der Waals surface area contributed by atoms with Gasteiger partial charge < -0.3 is 21.3 Å². The van der Waals surface area contributed by atoms with E-state index in [9.17, 15) is 4.79 Å². The molecule has 0 spiro atoms. The highest BCUT2D eigenvalue weighted by molar-refractivity contribution is 5.89. The smallest absolute Gasteiger partial charge is 0.319 e. The molecule has 1 saturated heterocycles. The number of benzene rings is 1. The van der Waals surface area contributed by atoms with Gasteiger partial charge >= 0.3 is 6.03 Å². The summed E-state index contributed by atoms with van der Waals surface area (Å²) < 4.78 is 0. The summed E-state index contributed by atoms with van der Waals surface area (Å²) in [6, 6.07) is 8.05. The van der Waals surface area contributed by atoms with Crippen LogP contribution in [0.4, 0.5) is 10.5 Å². The maximum atomic E-state index is 11.9. The fourth-order valence-corrected chi connectivity index (χ4v) is 2.69. The van der Waals surface area contributed by atoms with Gasteiger partial charge in [0.2, 0.25) is 0 Å². The van der Waals surface area contributed by atoms with Gasteiger partial charge in [0.05, 0.1) is 0 Å². The number of hydrogen-bond donors (Lipinski definition) is 3. The lowest BCUT2D eigenvalue weighted by atomic mass is 10.1. The average Bonchev–Trinajstić information content (AvgIpc) is 2.94. The first-order valence-corrected chi connectivity index (χ1v) is 7.66. The number of rotatable bonds is 5. The van der Waals surface area contributed by atoms with Crippen LogP contribution in [-0.2, 0) is 6.54 Å². The Kier molecular flexibility index (Phi) is 5.59. The van der Waals surface area contributed by atoms with E-state index in [0.717, 1.165) is 37.3 Å². The second kappa shape index (κ2) is 7.43. The van der Waals surface area contributed by atoms with E-state index in [1.165, 1.54) is 0 Å². The number of carbonyl (C=O) groups excluding carboxylic acids is 1. The van der Waals surface area contributed by atoms with E-state index in [2.05, 4.69) is 29.4 Å². The Bertz CT molecular complexity index is 475. The largest absolute Gasteiger partial charge is 0.338 e. The van der Waals surface area contributed by atoms with Crippen molar-refractivity contribution in [2.45, 2.75) is 32.9 Å². The number of anilines is 1. The summed E-state index contributed by atoms with van der Waals surface area (Å²) in [6.07, 6.45) is 1.15. The quantitative estimate of drug-likeness (QED) is 0.777. The molecule has 116 valence electrons. The summed E-state index contributed by atoms with van der Waals surface area (Å²) >= 11 is 0. The van der Waals surface area contributed by atoms with Crippen molar-refractivity contribution >= 4 is 11.7 Å². The van der Waals surface area contributed by atoms with E-state index < -0.39 is 0 Å². The number of urea groups is 1. The molecule has 1 heterocycles. The second-order valence-corrected chi connectivity index (χ2v) is 5.98. The molecule has 4 N–H and O–H groups in total. The minimum absolute atomic E-state index is 0.146. The first-order chi connectivity index (χ1) is 10.1. The first kappa shape index (κ1) is 15.8. The van der Waals surface area contributed by atoms with Gasteiger partial charge in [-0.15, -0.1) is 0 Å². The highest BCUT2D eigenvalue weighted by atomic mass is 16.2. The number of nitrogens with zero attached hydrogens (tertiary/aromatic N) is 1. The summed E-state index contributed by atoms with van der Waals surface area (Å²) in [5, 5.41) is 5.82. The van der Waals surface area contributed by atoms with Gasteiger partial charge in [0.15, 0.2) is 0 Å². The third kappa shape index (κ3) is 4.72. The van der Waals surface area contributed by atoms with Crippen LogP contribution in [0.2, 0.25) is 0 Å². The van der Waals surface area contributed by atoms with Crippen LogP contribution in [0.5, 0.6) is 0 Å². The molecule has 21 heavy (non-hydrogen) atoms. The number of nitrogens with two attached hydrogens (primary N) is 1. The molecule has 1 atom stereocenters. The summed E-state index contributed by atoms with van der Waals surface area (Å²) in [7, 11) is 0. The molecule has 1 unspecified atom stereocenters. The van der Waals surface area contributed by atoms with Gasteiger partial charge in [0.25, 0.3) is 0 Å². The van der Waals surface area contributed by atoms with Gasteiger partial charge in [0, 0.05) is 31.4 Å². The Labute approximate surface area is 126 Å². The number of carbonyl (C=O) groups is 1. The van der Waals surface area contributed by atoms with Crippen LogP contribution in [0.1, 0.15) is 25.8 Å². The molecule has 1 fully saturated rings. The SMILES string of the molecule is CC(C)N1CCC(CNC(=O)Nc2cccc(CN)c2)C1. The van der Waals surface area contributed by atoms with Crippen LogP contribution in [0.3, 0.4) is 0 Å². The van der Waals surface area contributed by atoms with Crippen molar-refractivity contribution in [3.63, 3.8) is 0 Å². The highest BCUT2D eigenvalue weighted by Gasteiger charge is 2.24. The molecule has 0 aromatic heterocycles. The Morgan fingerprint density at radius 1 is 1.48 bits per heavy atom. The van der Waals surface area contributed by atoms with Crippen LogP contribution in [0, 0.1) is 5.92 Å². The van der Waals surface area contributed by atoms with Crippen LogP contribution in [0.25, 0.3) is 0 Å². The third-order valence-electron chi connectivity index (χ3n) is 4.02. The number of likely N-dealkylation sites (tertiary alicyclic amines) is 1. The van der Waals surface area contributed by atoms with Gasteiger partial charge in [-0.25, -0.2) is 4.79 Å². The Morgan fingerprint density at radius 2 is 2.29 bits per heavy atom. The van der Waals surface area contributed by atoms with E-state index in [4.69, 9.17) is 5.73 Å². The molecular weight excluding hydrogens is 264 g/mol. The Morgan fingerprint density at radius 3 is 2.95 bits per heavy atom. The van der Waals surface area contributed by atoms with Gasteiger partial charge in [-0.1, -0.05) is 12.1 Å². The normalized spacial score (nSPS) is 19.0. The van der Waals surface area contributed by atoms with Crippen LogP contribution in [0.15, 0.2) is 24.3 Å². The zero-order valence-corrected chi connectivity index (χ0v) is 12.9. The summed E-state index contributed by atoms with van der Waals surface area (Å²) in [5.74, 6) is 0.550. The summed E-state index contributed by atoms with van der Waals surface area (Å²) in [5.41, 5.74) is 7.39. The standard InChI is InChI=1S/C16H26N4O/c1-12(2)20-7-6-14(11-20)10-18-16(21)19-15-5-3-4-13(8-15)9-17/h3-5,8,12,14H,6-7,9-11,17H2,1-2H3,(H2,18,19,21). The van der Waals surface area contributed by atoms with Gasteiger partial charge in [0.1, 0.15) is 0 Å². The number of hydrogen-bond acceptors (Lipinski definition) is 3. The van der Waals surface area contributed by atoms with Crippen molar-refractivity contribution in [1.29, 1.82) is 0 Å². The predicted molar refractivity (Wildman–Crippen MR) is 86.2 cm³/mol. The molecule has 0 aliphatic carbocycles. The molecule has 0 bridgehead atoms. The fourth-order valence-electron chi connectivity index (χ4n) is 2.69. The zero-order chi connectivity index (χ0) is 15.2. The van der Waals surface area contributed by atoms with E-state index in [1.54, 1.807) is 0 Å². The highest BCUT2D eigenvalue weighted by Crippen LogP contribution is 2.17. The summed E-state index contributed by atoms with van der Waals surface area (Å²) in [4.78, 5) is 14.4. The fraction of sp³-hybridized carbons (Fsp3) is 0.562. The van der Waals surface area contributed by atoms with E-state index in [0.29, 0.717) is 18.5 Å². The molecule has 0 saturated carbocycles. The Balaban J connectivity index is 1.75. The average molecular weight is 290 g/mol. The molecule has 5 heteroatoms. The Hall–Kier alpha value is -1.59. The van der Waals surface area contributed by atoms with Crippen molar-refractivity contribution in [2.75, 3.05) is 25.0 Å². The zero-order valence-electron chi connectivity index (χ0n) is 12.9. The van der Waals surface area contributed by atoms with Crippen LogP contribution in [-0.4, -0.2) is 36.6 Å². The number of amides is 2. The first-order valence-electron chi connectivity index (χ1n) is 7.66. The van der Waals surface area contributed by atoms with E-state index in [1.807, 2.05) is 24.3 Å². The predicted octanol–water partition coefficient (Wildman–Crippen LogP) is 2.00. The van der Waals surface area contributed by atoms with Crippen molar-refractivity contribution in [3.05, 3.63) is 29.8 Å². The van der Waals surface area contributed by atoms with E-state index in [-0.39, 0.29) is 6.03 Å². The monoisotopic (exact) mass is 290 g/mol. The maximum Gasteiger partial charge on any atom is 0.319 e. The number of nitrogens with one attached hydrogen (secondary N) is 2. The van der Waals surface area contributed by atoms with Gasteiger partial charge in [-0.3, -0.25) is 0 Å². The van der Waals surface area contributed by atoms with Crippen molar-refractivity contribution in [2.24, 2.45) is 11.7 Å². The second-order valence-electron chi connectivity index (χ2n) is 5.98. The molecule has 1 aliphatic rings. The van der Waals surface area contributed by atoms with Gasteiger partial charge in [-0.2, -0.15) is 0 Å². The van der Waals surface area contributed by atoms with Crippen LogP contribution >= 0.6 is 0 Å². The van der Waals surface area contributed by atoms with Crippen LogP contribution < -0.4 is 16.4 Å². The lowest BCUT2D eigenvalue weighted by molar-refractivity contribution is 0.247. The molecule has 1 aromatic rings. The molecular formula is C16H26N4O. The molecule has 2 rings (SSSR count). The van der Waals surface area contributed by atoms with Crippen molar-refractivity contribution < 1.29 is 4.79 Å². The molecule has 0 radical (unpaired) electrons. The van der Waals surface area contributed by atoms with Gasteiger partial charge in [-0.05, 0) is 50.4 Å². The molecule has 1 aliphatic heterocycles. The van der Waals surface area contributed by atoms with E-state index >= 15 is 0 Å². The topological polar surface area (TPSA) is 70.4 Å². The summed E-state index contributed by atoms with van der Waals surface area (Å²) in [6.45, 7) is 7.83.